The second-order valence-electron chi connectivity index (χ2n) is 5.85. The first-order chi connectivity index (χ1) is 8.92. The predicted octanol–water partition coefficient (Wildman–Crippen LogP) is 2.74. The van der Waals surface area contributed by atoms with Crippen molar-refractivity contribution in [2.24, 2.45) is 0 Å². The Morgan fingerprint density at radius 2 is 2.11 bits per heavy atom. The van der Waals surface area contributed by atoms with Crippen LogP contribution in [0.2, 0.25) is 0 Å². The maximum absolute atomic E-state index is 12.3. The standard InChI is InChI=1S/C15H21NO3/c1-15(2,3)19-14(18)16-12(10-17)9-8-11-6-4-5-7-13(11)16/h4-7,12,17H,8-10H2,1-3H3. The first-order valence-corrected chi connectivity index (χ1v) is 6.63. The maximum atomic E-state index is 12.3. The molecule has 1 aliphatic heterocycles. The minimum atomic E-state index is -0.538. The zero-order valence-corrected chi connectivity index (χ0v) is 11.7. The minimum absolute atomic E-state index is 0.0480. The first-order valence-electron chi connectivity index (χ1n) is 6.63. The van der Waals surface area contributed by atoms with Gasteiger partial charge in [0.25, 0.3) is 0 Å². The Morgan fingerprint density at radius 3 is 2.74 bits per heavy atom. The average Bonchev–Trinajstić information content (AvgIpc) is 2.35. The summed E-state index contributed by atoms with van der Waals surface area (Å²) in [6.45, 7) is 5.48. The molecule has 0 bridgehead atoms. The van der Waals surface area contributed by atoms with E-state index in [9.17, 15) is 9.90 Å². The van der Waals surface area contributed by atoms with Gasteiger partial charge in [-0.15, -0.1) is 0 Å². The number of hydrogen-bond acceptors (Lipinski definition) is 3. The molecule has 1 aliphatic rings. The third-order valence-corrected chi connectivity index (χ3v) is 3.16. The van der Waals surface area contributed by atoms with Gasteiger partial charge in [0.1, 0.15) is 5.60 Å². The topological polar surface area (TPSA) is 49.8 Å². The van der Waals surface area contributed by atoms with Crippen molar-refractivity contribution in [2.75, 3.05) is 11.5 Å². The van der Waals surface area contributed by atoms with Crippen LogP contribution < -0.4 is 4.90 Å². The summed E-state index contributed by atoms with van der Waals surface area (Å²) in [6, 6.07) is 7.58. The van der Waals surface area contributed by atoms with Crippen molar-refractivity contribution in [1.82, 2.24) is 0 Å². The first kappa shape index (κ1) is 13.9. The molecule has 104 valence electrons. The van der Waals surface area contributed by atoms with Crippen LogP contribution in [-0.2, 0) is 11.2 Å². The highest BCUT2D eigenvalue weighted by atomic mass is 16.6. The Hall–Kier alpha value is -1.55. The fraction of sp³-hybridized carbons (Fsp3) is 0.533. The molecule has 4 heteroatoms. The van der Waals surface area contributed by atoms with Crippen molar-refractivity contribution in [3.63, 3.8) is 0 Å². The lowest BCUT2D eigenvalue weighted by Gasteiger charge is -2.37. The van der Waals surface area contributed by atoms with E-state index in [-0.39, 0.29) is 12.6 Å². The van der Waals surface area contributed by atoms with Gasteiger partial charge in [0.15, 0.2) is 0 Å². The molecule has 1 aromatic carbocycles. The van der Waals surface area contributed by atoms with E-state index in [1.54, 1.807) is 4.90 Å². The lowest BCUT2D eigenvalue weighted by Crippen LogP contribution is -2.47. The predicted molar refractivity (Wildman–Crippen MR) is 74.3 cm³/mol. The maximum Gasteiger partial charge on any atom is 0.415 e. The Balaban J connectivity index is 2.32. The van der Waals surface area contributed by atoms with Crippen molar-refractivity contribution in [1.29, 1.82) is 0 Å². The minimum Gasteiger partial charge on any atom is -0.443 e. The third kappa shape index (κ3) is 3.07. The summed E-state index contributed by atoms with van der Waals surface area (Å²) >= 11 is 0. The smallest absolute Gasteiger partial charge is 0.415 e. The molecule has 0 spiro atoms. The van der Waals surface area contributed by atoms with E-state index in [1.807, 2.05) is 45.0 Å². The molecule has 19 heavy (non-hydrogen) atoms. The number of benzene rings is 1. The van der Waals surface area contributed by atoms with E-state index in [0.717, 1.165) is 24.1 Å². The van der Waals surface area contributed by atoms with Gasteiger partial charge >= 0.3 is 6.09 Å². The van der Waals surface area contributed by atoms with E-state index in [4.69, 9.17) is 4.74 Å². The number of fused-ring (bicyclic) bond motifs is 1. The molecule has 1 aromatic rings. The zero-order valence-electron chi connectivity index (χ0n) is 11.7. The van der Waals surface area contributed by atoms with Crippen molar-refractivity contribution in [3.8, 4) is 0 Å². The molecule has 0 radical (unpaired) electrons. The molecule has 2 rings (SSSR count). The summed E-state index contributed by atoms with van der Waals surface area (Å²) in [4.78, 5) is 13.9. The van der Waals surface area contributed by atoms with Crippen LogP contribution in [0.1, 0.15) is 32.8 Å². The zero-order chi connectivity index (χ0) is 14.0. The van der Waals surface area contributed by atoms with Crippen LogP contribution >= 0.6 is 0 Å². The highest BCUT2D eigenvalue weighted by Gasteiger charge is 2.33. The largest absolute Gasteiger partial charge is 0.443 e. The van der Waals surface area contributed by atoms with Crippen molar-refractivity contribution in [3.05, 3.63) is 29.8 Å². The van der Waals surface area contributed by atoms with Crippen LogP contribution in [0.15, 0.2) is 24.3 Å². The number of rotatable bonds is 1. The molecular weight excluding hydrogens is 242 g/mol. The van der Waals surface area contributed by atoms with Crippen LogP contribution in [0, 0.1) is 0 Å². The summed E-state index contributed by atoms with van der Waals surface area (Å²) in [7, 11) is 0. The molecule has 0 aromatic heterocycles. The second-order valence-corrected chi connectivity index (χ2v) is 5.85. The van der Waals surface area contributed by atoms with E-state index in [1.165, 1.54) is 0 Å². The number of nitrogens with zero attached hydrogens (tertiary/aromatic N) is 1. The number of amides is 1. The van der Waals surface area contributed by atoms with Crippen LogP contribution in [0.3, 0.4) is 0 Å². The van der Waals surface area contributed by atoms with Gasteiger partial charge in [-0.3, -0.25) is 4.90 Å². The lowest BCUT2D eigenvalue weighted by molar-refractivity contribution is 0.0544. The van der Waals surface area contributed by atoms with Gasteiger partial charge in [0.2, 0.25) is 0 Å². The molecule has 1 heterocycles. The number of aliphatic hydroxyl groups excluding tert-OH is 1. The van der Waals surface area contributed by atoms with E-state index >= 15 is 0 Å². The molecule has 1 unspecified atom stereocenters. The van der Waals surface area contributed by atoms with Gasteiger partial charge < -0.3 is 9.84 Å². The fourth-order valence-electron chi connectivity index (χ4n) is 2.34. The number of carbonyl (C=O) groups excluding carboxylic acids is 1. The van der Waals surface area contributed by atoms with Crippen molar-refractivity contribution < 1.29 is 14.6 Å². The van der Waals surface area contributed by atoms with Crippen LogP contribution in [0.25, 0.3) is 0 Å². The quantitative estimate of drug-likeness (QED) is 0.847. The molecule has 4 nitrogen and oxygen atoms in total. The van der Waals surface area contributed by atoms with Gasteiger partial charge in [0.05, 0.1) is 18.3 Å². The third-order valence-electron chi connectivity index (χ3n) is 3.16. The summed E-state index contributed by atoms with van der Waals surface area (Å²) in [5.41, 5.74) is 1.43. The van der Waals surface area contributed by atoms with Crippen LogP contribution in [0.5, 0.6) is 0 Å². The highest BCUT2D eigenvalue weighted by molar-refractivity contribution is 5.90. The van der Waals surface area contributed by atoms with Gasteiger partial charge in [-0.1, -0.05) is 18.2 Å². The fourth-order valence-corrected chi connectivity index (χ4v) is 2.34. The van der Waals surface area contributed by atoms with Gasteiger partial charge in [0, 0.05) is 0 Å². The number of aliphatic hydroxyl groups is 1. The monoisotopic (exact) mass is 263 g/mol. The lowest BCUT2D eigenvalue weighted by atomic mass is 9.96. The second kappa shape index (κ2) is 5.21. The number of hydrogen-bond donors (Lipinski definition) is 1. The number of ether oxygens (including phenoxy) is 1. The Bertz CT molecular complexity index is 465. The van der Waals surface area contributed by atoms with Gasteiger partial charge in [-0.25, -0.2) is 4.79 Å². The molecule has 1 atom stereocenters. The Labute approximate surface area is 114 Å². The Kier molecular flexibility index (Phi) is 3.80. The SMILES string of the molecule is CC(C)(C)OC(=O)N1c2ccccc2CCC1CO. The average molecular weight is 263 g/mol. The summed E-state index contributed by atoms with van der Waals surface area (Å²) in [5.74, 6) is 0. The molecule has 1 N–H and O–H groups in total. The van der Waals surface area contributed by atoms with Gasteiger partial charge in [-0.05, 0) is 45.2 Å². The molecule has 0 saturated heterocycles. The number of carbonyl (C=O) groups is 1. The molecule has 0 saturated carbocycles. The van der Waals surface area contributed by atoms with E-state index < -0.39 is 11.7 Å². The van der Waals surface area contributed by atoms with Crippen molar-refractivity contribution >= 4 is 11.8 Å². The van der Waals surface area contributed by atoms with Gasteiger partial charge in [-0.2, -0.15) is 0 Å². The van der Waals surface area contributed by atoms with E-state index in [2.05, 4.69) is 0 Å². The number of para-hydroxylation sites is 1. The van der Waals surface area contributed by atoms with E-state index in [0.29, 0.717) is 0 Å². The summed E-state index contributed by atoms with van der Waals surface area (Å²) < 4.78 is 5.44. The molecule has 0 fully saturated rings. The molecule has 1 amide bonds. The number of aryl methyl sites for hydroxylation is 1. The normalized spacial score (nSPS) is 18.9. The highest BCUT2D eigenvalue weighted by Crippen LogP contribution is 2.31. The van der Waals surface area contributed by atoms with Crippen LogP contribution in [-0.4, -0.2) is 29.4 Å². The van der Waals surface area contributed by atoms with Crippen molar-refractivity contribution in [2.45, 2.75) is 45.3 Å². The number of anilines is 1. The van der Waals surface area contributed by atoms with Crippen LogP contribution in [0.4, 0.5) is 10.5 Å². The molecular formula is C15H21NO3. The molecule has 0 aliphatic carbocycles. The Morgan fingerprint density at radius 1 is 1.42 bits per heavy atom. The summed E-state index contributed by atoms with van der Waals surface area (Å²) in [6.07, 6.45) is 1.24. The summed E-state index contributed by atoms with van der Waals surface area (Å²) in [5, 5.41) is 9.48.